The van der Waals surface area contributed by atoms with Crippen LogP contribution in [0.3, 0.4) is 0 Å². The Balaban J connectivity index is 1.98. The summed E-state index contributed by atoms with van der Waals surface area (Å²) in [6.07, 6.45) is 0.837. The Morgan fingerprint density at radius 2 is 1.89 bits per heavy atom. The molecule has 3 rings (SSSR count). The largest absolute Gasteiger partial charge is 0.140 e. The lowest BCUT2D eigenvalue weighted by Gasteiger charge is -2.03. The Bertz CT molecular complexity index is 670. The lowest BCUT2D eigenvalue weighted by atomic mass is 9.93. The Morgan fingerprint density at radius 1 is 1.06 bits per heavy atom. The third kappa shape index (κ3) is 2.31. The topological polar surface area (TPSA) is 0 Å². The zero-order chi connectivity index (χ0) is 12.5. The Kier molecular flexibility index (Phi) is 3.15. The van der Waals surface area contributed by atoms with E-state index in [0.717, 1.165) is 22.5 Å². The lowest BCUT2D eigenvalue weighted by Crippen LogP contribution is -2.03. The van der Waals surface area contributed by atoms with Gasteiger partial charge in [0.15, 0.2) is 0 Å². The maximum Gasteiger partial charge on any atom is 0.113 e. The van der Waals surface area contributed by atoms with E-state index in [1.54, 1.807) is 0 Å². The molecule has 86 valence electrons. The van der Waals surface area contributed by atoms with Gasteiger partial charge in [-0.2, -0.15) is 0 Å². The van der Waals surface area contributed by atoms with E-state index in [-0.39, 0.29) is 0 Å². The molecule has 18 heavy (non-hydrogen) atoms. The molecule has 0 N–H and O–H groups in total. The number of hydrogen-bond donors (Lipinski definition) is 0. The van der Waals surface area contributed by atoms with Crippen LogP contribution in [0.25, 0.3) is 10.1 Å². The van der Waals surface area contributed by atoms with Crippen molar-refractivity contribution in [3.05, 3.63) is 64.0 Å². The van der Waals surface area contributed by atoms with Crippen LogP contribution in [0.4, 0.5) is 0 Å². The molecule has 0 aliphatic heterocycles. The summed E-state index contributed by atoms with van der Waals surface area (Å²) in [6.45, 7) is 0. The Labute approximate surface area is 117 Å². The number of hydrogen-bond acceptors (Lipinski definition) is 1. The molecule has 0 saturated heterocycles. The molecule has 0 fully saturated rings. The van der Waals surface area contributed by atoms with Crippen molar-refractivity contribution in [2.45, 2.75) is 6.42 Å². The number of halogens is 1. The molecule has 3 heteroatoms. The molecule has 0 aliphatic rings. The fourth-order valence-electron chi connectivity index (χ4n) is 2.04. The third-order valence-electron chi connectivity index (χ3n) is 2.91. The molecule has 0 unspecified atom stereocenters. The van der Waals surface area contributed by atoms with Crippen LogP contribution in [0.1, 0.15) is 10.4 Å². The second kappa shape index (κ2) is 4.79. The van der Waals surface area contributed by atoms with E-state index in [1.165, 1.54) is 15.0 Å². The van der Waals surface area contributed by atoms with Crippen LogP contribution >= 0.6 is 22.9 Å². The summed E-state index contributed by atoms with van der Waals surface area (Å²) in [6, 6.07) is 16.3. The van der Waals surface area contributed by atoms with Crippen LogP contribution in [0.15, 0.2) is 48.5 Å². The molecule has 0 bridgehead atoms. The highest BCUT2D eigenvalue weighted by molar-refractivity contribution is 7.19. The molecular formula is C15H10BClS. The average molecular weight is 269 g/mol. The van der Waals surface area contributed by atoms with Crippen molar-refractivity contribution in [1.82, 2.24) is 0 Å². The molecule has 0 saturated carbocycles. The molecule has 2 radical (unpaired) electrons. The zero-order valence-corrected chi connectivity index (χ0v) is 11.3. The molecular weight excluding hydrogens is 258 g/mol. The van der Waals surface area contributed by atoms with Crippen LogP contribution in [0.2, 0.25) is 5.02 Å². The van der Waals surface area contributed by atoms with E-state index in [1.807, 2.05) is 29.5 Å². The highest BCUT2D eigenvalue weighted by Gasteiger charge is 2.05. The van der Waals surface area contributed by atoms with E-state index in [0.29, 0.717) is 0 Å². The van der Waals surface area contributed by atoms with Crippen molar-refractivity contribution in [2.75, 3.05) is 0 Å². The zero-order valence-electron chi connectivity index (χ0n) is 9.69. The predicted molar refractivity (Wildman–Crippen MR) is 81.5 cm³/mol. The first-order valence-electron chi connectivity index (χ1n) is 5.74. The molecule has 0 amide bonds. The van der Waals surface area contributed by atoms with Gasteiger partial charge >= 0.3 is 0 Å². The number of thiophene rings is 1. The fraction of sp³-hybridized carbons (Fsp3) is 0.0667. The van der Waals surface area contributed by atoms with Crippen molar-refractivity contribution in [3.63, 3.8) is 0 Å². The average Bonchev–Trinajstić information content (AvgIpc) is 2.76. The Hall–Kier alpha value is -1.25. The minimum absolute atomic E-state index is 0.760. The van der Waals surface area contributed by atoms with Gasteiger partial charge in [0.25, 0.3) is 0 Å². The van der Waals surface area contributed by atoms with Crippen LogP contribution in [-0.2, 0) is 6.42 Å². The van der Waals surface area contributed by atoms with Crippen molar-refractivity contribution in [1.29, 1.82) is 0 Å². The smallest absolute Gasteiger partial charge is 0.113 e. The first-order valence-corrected chi connectivity index (χ1v) is 6.93. The summed E-state index contributed by atoms with van der Waals surface area (Å²) in [5.74, 6) is 0. The second-order valence-corrected chi connectivity index (χ2v) is 5.85. The van der Waals surface area contributed by atoms with Gasteiger partial charge in [-0.25, -0.2) is 0 Å². The fourth-order valence-corrected chi connectivity index (χ4v) is 3.31. The first-order chi connectivity index (χ1) is 8.72. The van der Waals surface area contributed by atoms with Crippen LogP contribution < -0.4 is 5.46 Å². The molecule has 0 aliphatic carbocycles. The standard InChI is InChI=1S/C15H10BClS/c16-12-5-6-14(17)11(7-12)9-13-8-10-3-1-2-4-15(10)18-13/h1-8H,9H2. The maximum atomic E-state index is 6.19. The maximum absolute atomic E-state index is 6.19. The van der Waals surface area contributed by atoms with Gasteiger partial charge in [0.2, 0.25) is 0 Å². The van der Waals surface area contributed by atoms with E-state index in [4.69, 9.17) is 19.4 Å². The van der Waals surface area contributed by atoms with Gasteiger partial charge in [0.1, 0.15) is 7.85 Å². The number of fused-ring (bicyclic) bond motifs is 1. The van der Waals surface area contributed by atoms with Gasteiger partial charge in [0, 0.05) is 21.0 Å². The van der Waals surface area contributed by atoms with Crippen molar-refractivity contribution >= 4 is 46.3 Å². The second-order valence-electron chi connectivity index (χ2n) is 4.28. The van der Waals surface area contributed by atoms with Gasteiger partial charge in [-0.15, -0.1) is 11.3 Å². The summed E-state index contributed by atoms with van der Waals surface area (Å²) in [7, 11) is 5.80. The monoisotopic (exact) mass is 268 g/mol. The summed E-state index contributed by atoms with van der Waals surface area (Å²) in [5.41, 5.74) is 1.85. The molecule has 1 heterocycles. The van der Waals surface area contributed by atoms with Crippen molar-refractivity contribution < 1.29 is 0 Å². The molecule has 0 spiro atoms. The number of rotatable bonds is 2. The number of benzene rings is 2. The minimum atomic E-state index is 0.760. The van der Waals surface area contributed by atoms with Gasteiger partial charge in [-0.1, -0.05) is 47.4 Å². The van der Waals surface area contributed by atoms with Gasteiger partial charge < -0.3 is 0 Å². The van der Waals surface area contributed by atoms with Crippen molar-refractivity contribution in [3.8, 4) is 0 Å². The minimum Gasteiger partial charge on any atom is -0.140 e. The molecule has 0 nitrogen and oxygen atoms in total. The summed E-state index contributed by atoms with van der Waals surface area (Å²) >= 11 is 8.00. The van der Waals surface area contributed by atoms with Crippen molar-refractivity contribution in [2.24, 2.45) is 0 Å². The molecule has 2 aromatic carbocycles. The summed E-state index contributed by atoms with van der Waals surface area (Å²) in [5, 5.41) is 2.07. The van der Waals surface area contributed by atoms with E-state index in [9.17, 15) is 0 Å². The molecule has 0 atom stereocenters. The molecule has 1 aromatic heterocycles. The summed E-state index contributed by atoms with van der Waals surface area (Å²) in [4.78, 5) is 1.31. The van der Waals surface area contributed by atoms with Gasteiger partial charge in [-0.05, 0) is 29.1 Å². The summed E-state index contributed by atoms with van der Waals surface area (Å²) < 4.78 is 1.31. The van der Waals surface area contributed by atoms with Crippen LogP contribution in [0, 0.1) is 0 Å². The van der Waals surface area contributed by atoms with E-state index >= 15 is 0 Å². The lowest BCUT2D eigenvalue weighted by molar-refractivity contribution is 1.25. The normalized spacial score (nSPS) is 10.9. The highest BCUT2D eigenvalue weighted by Crippen LogP contribution is 2.28. The third-order valence-corrected chi connectivity index (χ3v) is 4.40. The van der Waals surface area contributed by atoms with Gasteiger partial charge in [0.05, 0.1) is 0 Å². The van der Waals surface area contributed by atoms with Crippen LogP contribution in [0.5, 0.6) is 0 Å². The van der Waals surface area contributed by atoms with E-state index < -0.39 is 0 Å². The predicted octanol–water partition coefficient (Wildman–Crippen LogP) is 3.94. The highest BCUT2D eigenvalue weighted by atomic mass is 35.5. The van der Waals surface area contributed by atoms with E-state index in [2.05, 4.69) is 30.3 Å². The quantitative estimate of drug-likeness (QED) is 0.618. The SMILES string of the molecule is [B]c1ccc(Cl)c(Cc2cc3ccccc3s2)c1. The molecule has 3 aromatic rings. The Morgan fingerprint density at radius 3 is 2.72 bits per heavy atom. The van der Waals surface area contributed by atoms with Crippen LogP contribution in [-0.4, -0.2) is 7.85 Å². The first kappa shape index (κ1) is 11.8. The van der Waals surface area contributed by atoms with Gasteiger partial charge in [-0.3, -0.25) is 0 Å².